The Hall–Kier alpha value is -2.99. The van der Waals surface area contributed by atoms with Crippen molar-refractivity contribution < 1.29 is 0 Å². The summed E-state index contributed by atoms with van der Waals surface area (Å²) in [6.45, 7) is 12.4. The van der Waals surface area contributed by atoms with Crippen LogP contribution in [0.3, 0.4) is 0 Å². The predicted molar refractivity (Wildman–Crippen MR) is 140 cm³/mol. The van der Waals surface area contributed by atoms with Gasteiger partial charge in [-0.25, -0.2) is 4.98 Å². The molecule has 5 nitrogen and oxygen atoms in total. The van der Waals surface area contributed by atoms with Crippen molar-refractivity contribution >= 4 is 33.0 Å². The first-order valence-electron chi connectivity index (χ1n) is 11.2. The van der Waals surface area contributed by atoms with Crippen molar-refractivity contribution in [2.45, 2.75) is 53.4 Å². The maximum atomic E-state index is 13.4. The number of aryl methyl sites for hydroxylation is 2. The van der Waals surface area contributed by atoms with E-state index in [1.165, 1.54) is 10.2 Å². The van der Waals surface area contributed by atoms with Gasteiger partial charge in [0, 0.05) is 32.5 Å². The SMILES string of the molecule is CCc1ccc(-n2c(C)cc(C=Nn3c(C(C)(C)C)nc4ccc(Br)cc4c3=O)c2C)cc1. The van der Waals surface area contributed by atoms with E-state index in [2.05, 4.69) is 76.7 Å². The first-order chi connectivity index (χ1) is 15.6. The van der Waals surface area contributed by atoms with Crippen LogP contribution in [0.5, 0.6) is 0 Å². The molecule has 170 valence electrons. The summed E-state index contributed by atoms with van der Waals surface area (Å²) < 4.78 is 4.49. The Labute approximate surface area is 202 Å². The largest absolute Gasteiger partial charge is 0.318 e. The van der Waals surface area contributed by atoms with Crippen molar-refractivity contribution in [1.29, 1.82) is 0 Å². The van der Waals surface area contributed by atoms with Gasteiger partial charge in [-0.1, -0.05) is 55.8 Å². The third-order valence-electron chi connectivity index (χ3n) is 5.86. The third kappa shape index (κ3) is 4.44. The number of hydrogen-bond acceptors (Lipinski definition) is 3. The van der Waals surface area contributed by atoms with Crippen molar-refractivity contribution in [3.05, 3.63) is 91.7 Å². The van der Waals surface area contributed by atoms with Crippen LogP contribution in [-0.4, -0.2) is 20.4 Å². The van der Waals surface area contributed by atoms with Gasteiger partial charge in [-0.05, 0) is 62.2 Å². The molecule has 0 aliphatic carbocycles. The highest BCUT2D eigenvalue weighted by molar-refractivity contribution is 9.10. The standard InChI is InChI=1S/C27H29BrN4O/c1-7-19-8-11-22(12-9-19)31-17(2)14-20(18(31)3)16-29-32-25(33)23-15-21(28)10-13-24(23)30-26(32)27(4,5)6/h8-16H,7H2,1-6H3. The van der Waals surface area contributed by atoms with Gasteiger partial charge in [-0.3, -0.25) is 4.79 Å². The molecule has 2 heterocycles. The molecule has 0 saturated carbocycles. The molecule has 0 radical (unpaired) electrons. The monoisotopic (exact) mass is 504 g/mol. The summed E-state index contributed by atoms with van der Waals surface area (Å²) in [7, 11) is 0. The van der Waals surface area contributed by atoms with Crippen LogP contribution in [0.15, 0.2) is 62.9 Å². The molecule has 0 bridgehead atoms. The smallest absolute Gasteiger partial charge is 0.282 e. The van der Waals surface area contributed by atoms with Gasteiger partial charge in [0.15, 0.2) is 0 Å². The number of nitrogens with zero attached hydrogens (tertiary/aromatic N) is 4. The summed E-state index contributed by atoms with van der Waals surface area (Å²) in [5, 5.41) is 5.18. The van der Waals surface area contributed by atoms with Crippen molar-refractivity contribution in [2.24, 2.45) is 5.10 Å². The average molecular weight is 505 g/mol. The van der Waals surface area contributed by atoms with Gasteiger partial charge in [-0.15, -0.1) is 0 Å². The molecule has 0 aliphatic heterocycles. The number of halogens is 1. The topological polar surface area (TPSA) is 52.2 Å². The summed E-state index contributed by atoms with van der Waals surface area (Å²) in [5.74, 6) is 0.627. The minimum Gasteiger partial charge on any atom is -0.318 e. The Kier molecular flexibility index (Phi) is 6.14. The molecule has 0 amide bonds. The molecule has 0 aliphatic rings. The van der Waals surface area contributed by atoms with E-state index in [-0.39, 0.29) is 11.0 Å². The molecule has 0 atom stereocenters. The zero-order chi connectivity index (χ0) is 23.9. The molecule has 0 N–H and O–H groups in total. The summed E-state index contributed by atoms with van der Waals surface area (Å²) in [4.78, 5) is 18.2. The molecule has 2 aromatic carbocycles. The van der Waals surface area contributed by atoms with Crippen molar-refractivity contribution in [3.63, 3.8) is 0 Å². The number of benzene rings is 2. The molecular weight excluding hydrogens is 476 g/mol. The predicted octanol–water partition coefficient (Wildman–Crippen LogP) is 6.31. The zero-order valence-corrected chi connectivity index (χ0v) is 21.6. The first-order valence-corrected chi connectivity index (χ1v) is 11.9. The molecule has 4 aromatic rings. The lowest BCUT2D eigenvalue weighted by molar-refractivity contribution is 0.506. The van der Waals surface area contributed by atoms with Gasteiger partial charge in [0.05, 0.1) is 17.1 Å². The number of hydrogen-bond donors (Lipinski definition) is 0. The van der Waals surface area contributed by atoms with Crippen molar-refractivity contribution in [3.8, 4) is 5.69 Å². The third-order valence-corrected chi connectivity index (χ3v) is 6.36. The number of rotatable bonds is 4. The first kappa shape index (κ1) is 23.2. The lowest BCUT2D eigenvalue weighted by Gasteiger charge is -2.20. The Morgan fingerprint density at radius 3 is 2.39 bits per heavy atom. The highest BCUT2D eigenvalue weighted by Crippen LogP contribution is 2.24. The molecule has 0 fully saturated rings. The van der Waals surface area contributed by atoms with Crippen LogP contribution in [0.4, 0.5) is 0 Å². The molecule has 6 heteroatoms. The van der Waals surface area contributed by atoms with Crippen molar-refractivity contribution in [2.75, 3.05) is 0 Å². The van der Waals surface area contributed by atoms with E-state index >= 15 is 0 Å². The van der Waals surface area contributed by atoms with Gasteiger partial charge in [0.1, 0.15) is 5.82 Å². The van der Waals surface area contributed by atoms with Crippen LogP contribution in [0.1, 0.15) is 56.0 Å². The Bertz CT molecular complexity index is 1420. The van der Waals surface area contributed by atoms with Crippen LogP contribution in [0, 0.1) is 13.8 Å². The van der Waals surface area contributed by atoms with Crippen LogP contribution >= 0.6 is 15.9 Å². The molecule has 0 unspecified atom stereocenters. The van der Waals surface area contributed by atoms with E-state index in [0.717, 1.165) is 33.5 Å². The quantitative estimate of drug-likeness (QED) is 0.305. The molecule has 2 aromatic heterocycles. The van der Waals surface area contributed by atoms with E-state index in [9.17, 15) is 4.79 Å². The van der Waals surface area contributed by atoms with Gasteiger partial charge in [-0.2, -0.15) is 9.78 Å². The average Bonchev–Trinajstić information content (AvgIpc) is 3.05. The van der Waals surface area contributed by atoms with E-state index in [0.29, 0.717) is 16.7 Å². The Morgan fingerprint density at radius 1 is 1.06 bits per heavy atom. The van der Waals surface area contributed by atoms with Crippen LogP contribution in [0.2, 0.25) is 0 Å². The fourth-order valence-corrected chi connectivity index (χ4v) is 4.42. The van der Waals surface area contributed by atoms with Crippen molar-refractivity contribution in [1.82, 2.24) is 14.2 Å². The van der Waals surface area contributed by atoms with E-state index in [4.69, 9.17) is 4.98 Å². The zero-order valence-electron chi connectivity index (χ0n) is 20.0. The number of fused-ring (bicyclic) bond motifs is 1. The highest BCUT2D eigenvalue weighted by atomic mass is 79.9. The minimum absolute atomic E-state index is 0.175. The second kappa shape index (κ2) is 8.75. The molecule has 0 spiro atoms. The fraction of sp³-hybridized carbons (Fsp3) is 0.296. The van der Waals surface area contributed by atoms with Gasteiger partial charge in [0.25, 0.3) is 5.56 Å². The van der Waals surface area contributed by atoms with E-state index in [1.807, 2.05) is 32.9 Å². The van der Waals surface area contributed by atoms with Gasteiger partial charge < -0.3 is 4.57 Å². The fourth-order valence-electron chi connectivity index (χ4n) is 4.06. The lowest BCUT2D eigenvalue weighted by atomic mass is 9.95. The Morgan fingerprint density at radius 2 is 1.76 bits per heavy atom. The number of aromatic nitrogens is 3. The van der Waals surface area contributed by atoms with Crippen LogP contribution < -0.4 is 5.56 Å². The molecule has 33 heavy (non-hydrogen) atoms. The molecule has 0 saturated heterocycles. The van der Waals surface area contributed by atoms with Gasteiger partial charge >= 0.3 is 0 Å². The molecular formula is C27H29BrN4O. The minimum atomic E-state index is -0.352. The summed E-state index contributed by atoms with van der Waals surface area (Å²) in [5.41, 5.74) is 5.73. The van der Waals surface area contributed by atoms with Gasteiger partial charge in [0.2, 0.25) is 0 Å². The summed E-state index contributed by atoms with van der Waals surface area (Å²) in [6.07, 6.45) is 2.78. The normalized spacial score (nSPS) is 12.2. The Balaban J connectivity index is 1.83. The van der Waals surface area contributed by atoms with Crippen LogP contribution in [0.25, 0.3) is 16.6 Å². The lowest BCUT2D eigenvalue weighted by Crippen LogP contribution is -2.29. The van der Waals surface area contributed by atoms with Crippen LogP contribution in [-0.2, 0) is 11.8 Å². The second-order valence-corrected chi connectivity index (χ2v) is 10.3. The summed E-state index contributed by atoms with van der Waals surface area (Å²) >= 11 is 3.46. The highest BCUT2D eigenvalue weighted by Gasteiger charge is 2.23. The maximum Gasteiger partial charge on any atom is 0.282 e. The maximum absolute atomic E-state index is 13.4. The molecule has 4 rings (SSSR count). The summed E-state index contributed by atoms with van der Waals surface area (Å²) in [6, 6.07) is 16.3. The van der Waals surface area contributed by atoms with E-state index < -0.39 is 0 Å². The van der Waals surface area contributed by atoms with E-state index in [1.54, 1.807) is 12.3 Å². The second-order valence-electron chi connectivity index (χ2n) is 9.39.